The number of ether oxygens (including phenoxy) is 1. The highest BCUT2D eigenvalue weighted by atomic mass is 35.5. The van der Waals surface area contributed by atoms with Gasteiger partial charge in [0.2, 0.25) is 0 Å². The average Bonchev–Trinajstić information content (AvgIpc) is 2.34. The minimum absolute atomic E-state index is 0.400. The molecule has 6 heteroatoms. The van der Waals surface area contributed by atoms with Crippen LogP contribution in [0.25, 0.3) is 0 Å². The lowest BCUT2D eigenvalue weighted by atomic mass is 10.3. The van der Waals surface area contributed by atoms with Crippen molar-refractivity contribution in [1.82, 2.24) is 0 Å². The molecule has 18 heavy (non-hydrogen) atoms. The molecule has 0 amide bonds. The van der Waals surface area contributed by atoms with E-state index in [2.05, 4.69) is 12.9 Å². The first-order chi connectivity index (χ1) is 8.60. The van der Waals surface area contributed by atoms with Crippen molar-refractivity contribution in [3.8, 4) is 17.2 Å². The minimum Gasteiger partial charge on any atom is -0.452 e. The van der Waals surface area contributed by atoms with Crippen molar-refractivity contribution in [3.05, 3.63) is 51.5 Å². The fourth-order valence-electron chi connectivity index (χ4n) is 1.31. The number of hydrogen-bond donors (Lipinski definition) is 1. The largest absolute Gasteiger partial charge is 0.452 e. The van der Waals surface area contributed by atoms with Gasteiger partial charge < -0.3 is 8.92 Å². The summed E-state index contributed by atoms with van der Waals surface area (Å²) in [7, 11) is 0. The van der Waals surface area contributed by atoms with Gasteiger partial charge in [0.25, 0.3) is 0 Å². The fraction of sp³-hybridized carbons (Fsp3) is 0. The molecule has 0 aliphatic rings. The quantitative estimate of drug-likeness (QED) is 0.580. The van der Waals surface area contributed by atoms with Crippen LogP contribution < -0.4 is 8.92 Å². The summed E-state index contributed by atoms with van der Waals surface area (Å²) in [6, 6.07) is 9.88. The van der Waals surface area contributed by atoms with E-state index in [0.29, 0.717) is 32.3 Å². The van der Waals surface area contributed by atoms with E-state index in [1.807, 2.05) is 0 Å². The number of rotatable bonds is 3. The maximum atomic E-state index is 6.01. The molecule has 0 unspecified atom stereocenters. The Hall–Kier alpha value is -0.740. The second-order valence-electron chi connectivity index (χ2n) is 3.36. The Labute approximate surface area is 125 Å². The lowest BCUT2D eigenvalue weighted by Gasteiger charge is -2.11. The van der Waals surface area contributed by atoms with Crippen LogP contribution in [0.1, 0.15) is 0 Å². The summed E-state index contributed by atoms with van der Waals surface area (Å²) >= 11 is 21.4. The number of thiol groups is 1. The molecule has 0 heterocycles. The van der Waals surface area contributed by atoms with Gasteiger partial charge in [-0.05, 0) is 30.3 Å². The van der Waals surface area contributed by atoms with Crippen molar-refractivity contribution in [1.29, 1.82) is 0 Å². The Bertz CT molecular complexity index is 575. The molecule has 0 saturated heterocycles. The average molecular weight is 322 g/mol. The Morgan fingerprint density at radius 3 is 2.00 bits per heavy atom. The maximum Gasteiger partial charge on any atom is 0.180 e. The molecule has 0 saturated carbocycles. The van der Waals surface area contributed by atoms with Crippen molar-refractivity contribution >= 4 is 47.7 Å². The van der Waals surface area contributed by atoms with E-state index in [1.165, 1.54) is 0 Å². The summed E-state index contributed by atoms with van der Waals surface area (Å²) in [6.45, 7) is 0. The molecule has 0 N–H and O–H groups in total. The molecule has 94 valence electrons. The van der Waals surface area contributed by atoms with Gasteiger partial charge in [-0.2, -0.15) is 0 Å². The summed E-state index contributed by atoms with van der Waals surface area (Å²) in [5.41, 5.74) is 0. The zero-order valence-corrected chi connectivity index (χ0v) is 12.0. The van der Waals surface area contributed by atoms with Crippen LogP contribution >= 0.6 is 47.7 Å². The summed E-state index contributed by atoms with van der Waals surface area (Å²) in [5, 5.41) is 1.46. The molecule has 2 rings (SSSR count). The highest BCUT2D eigenvalue weighted by molar-refractivity contribution is 7.75. The van der Waals surface area contributed by atoms with Gasteiger partial charge in [0.05, 0.1) is 5.02 Å². The Kier molecular flexibility index (Phi) is 4.51. The first-order valence-electron chi connectivity index (χ1n) is 4.84. The van der Waals surface area contributed by atoms with E-state index in [0.717, 1.165) is 0 Å². The van der Waals surface area contributed by atoms with E-state index in [-0.39, 0.29) is 0 Å². The summed E-state index contributed by atoms with van der Waals surface area (Å²) < 4.78 is 10.5. The second-order valence-corrected chi connectivity index (χ2v) is 4.82. The zero-order valence-electron chi connectivity index (χ0n) is 8.86. The molecule has 0 spiro atoms. The van der Waals surface area contributed by atoms with E-state index < -0.39 is 0 Å². The lowest BCUT2D eigenvalue weighted by molar-refractivity contribution is 0.461. The molecule has 2 aromatic carbocycles. The van der Waals surface area contributed by atoms with Gasteiger partial charge in [-0.25, -0.2) is 0 Å². The van der Waals surface area contributed by atoms with Crippen molar-refractivity contribution in [3.63, 3.8) is 0 Å². The van der Waals surface area contributed by atoms with Crippen LogP contribution in [-0.2, 0) is 0 Å². The highest BCUT2D eigenvalue weighted by Gasteiger charge is 2.09. The number of hydrogen-bond acceptors (Lipinski definition) is 3. The fourth-order valence-corrected chi connectivity index (χ4v) is 2.07. The van der Waals surface area contributed by atoms with E-state index in [1.54, 1.807) is 36.4 Å². The first-order valence-corrected chi connectivity index (χ1v) is 6.34. The van der Waals surface area contributed by atoms with Gasteiger partial charge >= 0.3 is 0 Å². The number of halogens is 3. The van der Waals surface area contributed by atoms with Gasteiger partial charge in [0.15, 0.2) is 11.5 Å². The van der Waals surface area contributed by atoms with Crippen LogP contribution in [0, 0.1) is 0 Å². The van der Waals surface area contributed by atoms with Crippen molar-refractivity contribution in [2.75, 3.05) is 0 Å². The van der Waals surface area contributed by atoms with Crippen molar-refractivity contribution < 1.29 is 8.92 Å². The molecule has 0 radical (unpaired) electrons. The molecule has 0 atom stereocenters. The van der Waals surface area contributed by atoms with Crippen LogP contribution in [-0.4, -0.2) is 0 Å². The first kappa shape index (κ1) is 13.7. The molecular weight excluding hydrogens is 315 g/mol. The summed E-state index contributed by atoms with van der Waals surface area (Å²) in [5.74, 6) is 1.32. The van der Waals surface area contributed by atoms with Gasteiger partial charge in [-0.3, -0.25) is 0 Å². The van der Waals surface area contributed by atoms with Gasteiger partial charge in [0.1, 0.15) is 5.75 Å². The SMILES string of the molecule is SOc1cc(Cl)ccc1Oc1ccc(Cl)cc1Cl. The van der Waals surface area contributed by atoms with Gasteiger partial charge in [-0.1, -0.05) is 34.8 Å². The summed E-state index contributed by atoms with van der Waals surface area (Å²) in [4.78, 5) is 0. The van der Waals surface area contributed by atoms with Crippen molar-refractivity contribution in [2.24, 2.45) is 0 Å². The predicted octanol–water partition coefficient (Wildman–Crippen LogP) is 5.66. The lowest BCUT2D eigenvalue weighted by Crippen LogP contribution is -1.88. The highest BCUT2D eigenvalue weighted by Crippen LogP contribution is 2.37. The Morgan fingerprint density at radius 1 is 0.778 bits per heavy atom. The van der Waals surface area contributed by atoms with E-state index >= 15 is 0 Å². The normalized spacial score (nSPS) is 10.2. The van der Waals surface area contributed by atoms with Crippen LogP contribution in [0.3, 0.4) is 0 Å². The minimum atomic E-state index is 0.400. The van der Waals surface area contributed by atoms with Crippen LogP contribution in [0.15, 0.2) is 36.4 Å². The number of benzene rings is 2. The molecule has 2 nitrogen and oxygen atoms in total. The monoisotopic (exact) mass is 320 g/mol. The van der Waals surface area contributed by atoms with E-state index in [9.17, 15) is 0 Å². The molecular formula is C12H7Cl3O2S. The van der Waals surface area contributed by atoms with Crippen molar-refractivity contribution in [2.45, 2.75) is 0 Å². The molecule has 0 aliphatic carbocycles. The van der Waals surface area contributed by atoms with Gasteiger partial charge in [0, 0.05) is 29.0 Å². The maximum absolute atomic E-state index is 6.01. The summed E-state index contributed by atoms with van der Waals surface area (Å²) in [6.07, 6.45) is 0. The third kappa shape index (κ3) is 3.18. The van der Waals surface area contributed by atoms with Crippen LogP contribution in [0.5, 0.6) is 17.2 Å². The third-order valence-corrected chi connectivity index (χ3v) is 3.08. The molecule has 0 bridgehead atoms. The van der Waals surface area contributed by atoms with E-state index in [4.69, 9.17) is 43.7 Å². The predicted molar refractivity (Wildman–Crippen MR) is 77.6 cm³/mol. The standard InChI is InChI=1S/C12H7Cl3O2S/c13-7-1-3-10(9(15)5-7)16-11-4-2-8(14)6-12(11)17-18/h1-6,18H. The third-order valence-electron chi connectivity index (χ3n) is 2.12. The molecule has 0 fully saturated rings. The zero-order chi connectivity index (χ0) is 13.1. The topological polar surface area (TPSA) is 18.5 Å². The molecule has 0 aliphatic heterocycles. The smallest absolute Gasteiger partial charge is 0.180 e. The molecule has 2 aromatic rings. The molecule has 0 aromatic heterocycles. The Balaban J connectivity index is 2.33. The second kappa shape index (κ2) is 5.93. The van der Waals surface area contributed by atoms with Crippen LogP contribution in [0.2, 0.25) is 15.1 Å². The van der Waals surface area contributed by atoms with Crippen LogP contribution in [0.4, 0.5) is 0 Å². The van der Waals surface area contributed by atoms with Gasteiger partial charge in [-0.15, -0.1) is 0 Å². The Morgan fingerprint density at radius 2 is 1.39 bits per heavy atom.